The van der Waals surface area contributed by atoms with E-state index in [0.29, 0.717) is 12.0 Å². The summed E-state index contributed by atoms with van der Waals surface area (Å²) in [5.74, 6) is -1.61. The number of amides is 2. The van der Waals surface area contributed by atoms with Gasteiger partial charge in [0.2, 0.25) is 5.91 Å². The van der Waals surface area contributed by atoms with Crippen LogP contribution in [0.3, 0.4) is 0 Å². The largest absolute Gasteiger partial charge is 0.481 e. The van der Waals surface area contributed by atoms with Gasteiger partial charge in [-0.1, -0.05) is 32.0 Å². The number of rotatable bonds is 8. The molecule has 6 heteroatoms. The first-order valence-corrected chi connectivity index (χ1v) is 8.44. The maximum atomic E-state index is 12.4. The SMILES string of the molecule is Cc1ccccc1C(=O)NC(C(=O)NCCC(C)(C)C(=O)O)C(C)C. The minimum Gasteiger partial charge on any atom is -0.481 e. The molecule has 0 fully saturated rings. The number of carbonyl (C=O) groups is 3. The van der Waals surface area contributed by atoms with E-state index in [1.54, 1.807) is 26.0 Å². The lowest BCUT2D eigenvalue weighted by Gasteiger charge is -2.24. The van der Waals surface area contributed by atoms with E-state index >= 15 is 0 Å². The number of benzene rings is 1. The summed E-state index contributed by atoms with van der Waals surface area (Å²) in [6.07, 6.45) is 0.310. The molecular weight excluding hydrogens is 320 g/mol. The molecule has 1 aromatic rings. The predicted molar refractivity (Wildman–Crippen MR) is 96.3 cm³/mol. The van der Waals surface area contributed by atoms with E-state index in [-0.39, 0.29) is 24.3 Å². The highest BCUT2D eigenvalue weighted by molar-refractivity contribution is 5.98. The summed E-state index contributed by atoms with van der Waals surface area (Å²) in [6, 6.07) is 6.51. The highest BCUT2D eigenvalue weighted by Gasteiger charge is 2.28. The van der Waals surface area contributed by atoms with Gasteiger partial charge in [0.05, 0.1) is 5.41 Å². The van der Waals surface area contributed by atoms with Gasteiger partial charge in [0.25, 0.3) is 5.91 Å². The summed E-state index contributed by atoms with van der Waals surface area (Å²) in [7, 11) is 0. The topological polar surface area (TPSA) is 95.5 Å². The van der Waals surface area contributed by atoms with Crippen molar-refractivity contribution in [2.75, 3.05) is 6.54 Å². The third-order valence-electron chi connectivity index (χ3n) is 4.25. The van der Waals surface area contributed by atoms with Gasteiger partial charge in [0.1, 0.15) is 6.04 Å². The highest BCUT2D eigenvalue weighted by atomic mass is 16.4. The molecule has 0 saturated carbocycles. The second kappa shape index (κ2) is 8.65. The molecule has 2 amide bonds. The van der Waals surface area contributed by atoms with E-state index in [1.807, 2.05) is 32.9 Å². The summed E-state index contributed by atoms with van der Waals surface area (Å²) in [5, 5.41) is 14.6. The molecule has 0 bridgehead atoms. The van der Waals surface area contributed by atoms with Gasteiger partial charge in [0, 0.05) is 12.1 Å². The zero-order chi connectivity index (χ0) is 19.2. The van der Waals surface area contributed by atoms with Crippen molar-refractivity contribution in [3.63, 3.8) is 0 Å². The molecule has 1 rings (SSSR count). The Kier molecular flexibility index (Phi) is 7.15. The first-order chi connectivity index (χ1) is 11.6. The number of aryl methyl sites for hydroxylation is 1. The summed E-state index contributed by atoms with van der Waals surface area (Å²) in [4.78, 5) is 36.0. The van der Waals surface area contributed by atoms with Crippen molar-refractivity contribution in [1.29, 1.82) is 0 Å². The second-order valence-electron chi connectivity index (χ2n) is 7.24. The van der Waals surface area contributed by atoms with Crippen LogP contribution in [0.1, 0.15) is 50.0 Å². The molecule has 0 aliphatic heterocycles. The quantitative estimate of drug-likeness (QED) is 0.672. The first kappa shape index (κ1) is 20.7. The standard InChI is InChI=1S/C19H28N2O4/c1-12(2)15(17(23)20-11-10-19(4,5)18(24)25)21-16(22)14-9-7-6-8-13(14)3/h6-9,12,15H,10-11H2,1-5H3,(H,20,23)(H,21,22)(H,24,25). The maximum Gasteiger partial charge on any atom is 0.309 e. The van der Waals surface area contributed by atoms with Crippen LogP contribution < -0.4 is 10.6 Å². The fourth-order valence-corrected chi connectivity index (χ4v) is 2.30. The van der Waals surface area contributed by atoms with Crippen molar-refractivity contribution < 1.29 is 19.5 Å². The van der Waals surface area contributed by atoms with Crippen LogP contribution >= 0.6 is 0 Å². The molecule has 1 atom stereocenters. The average Bonchev–Trinajstić information content (AvgIpc) is 2.51. The molecule has 1 aromatic carbocycles. The molecule has 0 spiro atoms. The Morgan fingerprint density at radius 2 is 1.76 bits per heavy atom. The van der Waals surface area contributed by atoms with E-state index in [0.717, 1.165) is 5.56 Å². The monoisotopic (exact) mass is 348 g/mol. The molecule has 25 heavy (non-hydrogen) atoms. The van der Waals surface area contributed by atoms with Crippen LogP contribution in [0.4, 0.5) is 0 Å². The van der Waals surface area contributed by atoms with Crippen LogP contribution in [0.2, 0.25) is 0 Å². The van der Waals surface area contributed by atoms with Gasteiger partial charge in [-0.05, 0) is 44.7 Å². The average molecular weight is 348 g/mol. The van der Waals surface area contributed by atoms with Crippen molar-refractivity contribution in [2.45, 2.75) is 47.1 Å². The van der Waals surface area contributed by atoms with Crippen molar-refractivity contribution >= 4 is 17.8 Å². The Morgan fingerprint density at radius 3 is 2.28 bits per heavy atom. The molecule has 0 aromatic heterocycles. The summed E-state index contributed by atoms with van der Waals surface area (Å²) in [6.45, 7) is 9.00. The zero-order valence-electron chi connectivity index (χ0n) is 15.6. The molecule has 0 aliphatic rings. The summed E-state index contributed by atoms with van der Waals surface area (Å²) in [5.41, 5.74) is 0.462. The van der Waals surface area contributed by atoms with Gasteiger partial charge < -0.3 is 15.7 Å². The van der Waals surface area contributed by atoms with E-state index in [2.05, 4.69) is 10.6 Å². The van der Waals surface area contributed by atoms with Crippen LogP contribution in [0.25, 0.3) is 0 Å². The molecule has 0 aliphatic carbocycles. The third-order valence-corrected chi connectivity index (χ3v) is 4.25. The van der Waals surface area contributed by atoms with E-state index < -0.39 is 17.4 Å². The number of nitrogens with one attached hydrogen (secondary N) is 2. The molecule has 0 heterocycles. The van der Waals surface area contributed by atoms with E-state index in [4.69, 9.17) is 5.11 Å². The van der Waals surface area contributed by atoms with Crippen molar-refractivity contribution in [3.8, 4) is 0 Å². The number of carboxylic acid groups (broad SMARTS) is 1. The normalized spacial score (nSPS) is 12.6. The lowest BCUT2D eigenvalue weighted by Crippen LogP contribution is -2.50. The minimum absolute atomic E-state index is 0.0968. The Labute approximate surface area is 149 Å². The number of carbonyl (C=O) groups excluding carboxylic acids is 2. The van der Waals surface area contributed by atoms with Crippen LogP contribution in [0.15, 0.2) is 24.3 Å². The maximum absolute atomic E-state index is 12.4. The Bertz CT molecular complexity index is 638. The van der Waals surface area contributed by atoms with Crippen LogP contribution in [0.5, 0.6) is 0 Å². The third kappa shape index (κ3) is 5.89. The molecule has 6 nitrogen and oxygen atoms in total. The van der Waals surface area contributed by atoms with Crippen LogP contribution in [-0.2, 0) is 9.59 Å². The van der Waals surface area contributed by atoms with Crippen LogP contribution in [-0.4, -0.2) is 35.5 Å². The lowest BCUT2D eigenvalue weighted by atomic mass is 9.89. The Balaban J connectivity index is 2.70. The molecule has 138 valence electrons. The minimum atomic E-state index is -0.912. The molecule has 3 N–H and O–H groups in total. The Morgan fingerprint density at radius 1 is 1.16 bits per heavy atom. The molecule has 1 unspecified atom stereocenters. The van der Waals surface area contributed by atoms with Gasteiger partial charge in [-0.3, -0.25) is 14.4 Å². The van der Waals surface area contributed by atoms with Gasteiger partial charge in [-0.2, -0.15) is 0 Å². The summed E-state index contributed by atoms with van der Waals surface area (Å²) < 4.78 is 0. The van der Waals surface area contributed by atoms with Crippen molar-refractivity contribution in [1.82, 2.24) is 10.6 Å². The number of aliphatic carboxylic acids is 1. The van der Waals surface area contributed by atoms with E-state index in [1.165, 1.54) is 0 Å². The molecule has 0 radical (unpaired) electrons. The smallest absolute Gasteiger partial charge is 0.309 e. The van der Waals surface area contributed by atoms with Gasteiger partial charge in [-0.15, -0.1) is 0 Å². The number of hydrogen-bond acceptors (Lipinski definition) is 3. The van der Waals surface area contributed by atoms with Gasteiger partial charge in [0.15, 0.2) is 0 Å². The van der Waals surface area contributed by atoms with Gasteiger partial charge in [-0.25, -0.2) is 0 Å². The number of hydrogen-bond donors (Lipinski definition) is 3. The van der Waals surface area contributed by atoms with Crippen molar-refractivity contribution in [2.24, 2.45) is 11.3 Å². The first-order valence-electron chi connectivity index (χ1n) is 8.44. The lowest BCUT2D eigenvalue weighted by molar-refractivity contribution is -0.147. The second-order valence-corrected chi connectivity index (χ2v) is 7.24. The van der Waals surface area contributed by atoms with Crippen molar-refractivity contribution in [3.05, 3.63) is 35.4 Å². The highest BCUT2D eigenvalue weighted by Crippen LogP contribution is 2.19. The van der Waals surface area contributed by atoms with E-state index in [9.17, 15) is 14.4 Å². The molecule has 0 saturated heterocycles. The molecular formula is C19H28N2O4. The zero-order valence-corrected chi connectivity index (χ0v) is 15.6. The Hall–Kier alpha value is -2.37. The van der Waals surface area contributed by atoms with Gasteiger partial charge >= 0.3 is 5.97 Å². The fraction of sp³-hybridized carbons (Fsp3) is 0.526. The predicted octanol–water partition coefficient (Wildman–Crippen LogP) is 2.37. The number of carboxylic acids is 1. The fourth-order valence-electron chi connectivity index (χ4n) is 2.30. The summed E-state index contributed by atoms with van der Waals surface area (Å²) >= 11 is 0. The van der Waals surface area contributed by atoms with Crippen LogP contribution in [0, 0.1) is 18.3 Å².